The minimum absolute atomic E-state index is 0.213. The summed E-state index contributed by atoms with van der Waals surface area (Å²) in [6.07, 6.45) is 1.17. The van der Waals surface area contributed by atoms with Crippen LogP contribution in [-0.4, -0.2) is 50.3 Å². The summed E-state index contributed by atoms with van der Waals surface area (Å²) in [5.41, 5.74) is 0.213. The summed E-state index contributed by atoms with van der Waals surface area (Å²) < 4.78 is 5.41. The first-order valence-corrected chi connectivity index (χ1v) is 5.13. The molecule has 1 saturated heterocycles. The molecular weight excluding hydrogens is 164 g/mol. The van der Waals surface area contributed by atoms with Gasteiger partial charge in [-0.25, -0.2) is 0 Å². The van der Waals surface area contributed by atoms with Crippen molar-refractivity contribution in [3.05, 3.63) is 0 Å². The van der Waals surface area contributed by atoms with Gasteiger partial charge < -0.3 is 10.1 Å². The average Bonchev–Trinajstić information content (AvgIpc) is 2.32. The fourth-order valence-corrected chi connectivity index (χ4v) is 1.59. The van der Waals surface area contributed by atoms with Crippen LogP contribution in [0.4, 0.5) is 0 Å². The van der Waals surface area contributed by atoms with Crippen molar-refractivity contribution in [2.75, 3.05) is 39.9 Å². The third kappa shape index (κ3) is 4.07. The molecule has 1 aliphatic heterocycles. The molecule has 0 aromatic rings. The smallest absolute Gasteiger partial charge is 0.0593 e. The fraction of sp³-hybridized carbons (Fsp3) is 1.00. The molecule has 0 unspecified atom stereocenters. The molecule has 3 heteroatoms. The SMILES string of the molecule is CNC(C)(C)CN1CCCOCC1. The Morgan fingerprint density at radius 3 is 2.77 bits per heavy atom. The van der Waals surface area contributed by atoms with Crippen molar-refractivity contribution in [2.45, 2.75) is 25.8 Å². The zero-order chi connectivity index (χ0) is 9.73. The van der Waals surface area contributed by atoms with Gasteiger partial charge in [-0.05, 0) is 27.3 Å². The lowest BCUT2D eigenvalue weighted by Crippen LogP contribution is -2.48. The van der Waals surface area contributed by atoms with Crippen molar-refractivity contribution in [1.82, 2.24) is 10.2 Å². The molecule has 0 aliphatic carbocycles. The quantitative estimate of drug-likeness (QED) is 0.702. The van der Waals surface area contributed by atoms with Crippen molar-refractivity contribution < 1.29 is 4.74 Å². The van der Waals surface area contributed by atoms with Crippen molar-refractivity contribution in [1.29, 1.82) is 0 Å². The number of nitrogens with zero attached hydrogens (tertiary/aromatic N) is 1. The maximum Gasteiger partial charge on any atom is 0.0593 e. The van der Waals surface area contributed by atoms with E-state index in [9.17, 15) is 0 Å². The summed E-state index contributed by atoms with van der Waals surface area (Å²) in [4.78, 5) is 2.48. The van der Waals surface area contributed by atoms with Gasteiger partial charge in [0.25, 0.3) is 0 Å². The molecule has 1 fully saturated rings. The monoisotopic (exact) mass is 186 g/mol. The molecule has 0 saturated carbocycles. The van der Waals surface area contributed by atoms with E-state index in [1.54, 1.807) is 0 Å². The van der Waals surface area contributed by atoms with E-state index in [4.69, 9.17) is 4.74 Å². The zero-order valence-electron chi connectivity index (χ0n) is 9.10. The van der Waals surface area contributed by atoms with Gasteiger partial charge in [0.1, 0.15) is 0 Å². The Bertz CT molecular complexity index is 140. The van der Waals surface area contributed by atoms with Crippen LogP contribution in [0, 0.1) is 0 Å². The van der Waals surface area contributed by atoms with Crippen LogP contribution in [0.3, 0.4) is 0 Å². The van der Waals surface area contributed by atoms with Crippen LogP contribution in [0.25, 0.3) is 0 Å². The Morgan fingerprint density at radius 1 is 1.31 bits per heavy atom. The predicted octanol–water partition coefficient (Wildman–Crippen LogP) is 0.707. The van der Waals surface area contributed by atoms with E-state index in [0.717, 1.165) is 26.3 Å². The molecule has 0 spiro atoms. The predicted molar refractivity (Wildman–Crippen MR) is 55.0 cm³/mol. The van der Waals surface area contributed by atoms with E-state index in [0.29, 0.717) is 0 Å². The highest BCUT2D eigenvalue weighted by Crippen LogP contribution is 2.07. The Morgan fingerprint density at radius 2 is 2.08 bits per heavy atom. The Balaban J connectivity index is 2.33. The lowest BCUT2D eigenvalue weighted by molar-refractivity contribution is 0.136. The second-order valence-corrected chi connectivity index (χ2v) is 4.38. The van der Waals surface area contributed by atoms with Crippen molar-refractivity contribution >= 4 is 0 Å². The van der Waals surface area contributed by atoms with Crippen LogP contribution in [0.15, 0.2) is 0 Å². The van der Waals surface area contributed by atoms with Gasteiger partial charge in [0.05, 0.1) is 6.61 Å². The minimum Gasteiger partial charge on any atom is -0.380 e. The van der Waals surface area contributed by atoms with Crippen LogP contribution in [0.5, 0.6) is 0 Å². The summed E-state index contributed by atoms with van der Waals surface area (Å²) >= 11 is 0. The highest BCUT2D eigenvalue weighted by Gasteiger charge is 2.19. The van der Waals surface area contributed by atoms with Crippen LogP contribution in [-0.2, 0) is 4.74 Å². The second kappa shape index (κ2) is 4.94. The van der Waals surface area contributed by atoms with Gasteiger partial charge in [0.15, 0.2) is 0 Å². The Kier molecular flexibility index (Phi) is 4.16. The van der Waals surface area contributed by atoms with E-state index in [2.05, 4.69) is 24.1 Å². The first-order chi connectivity index (χ1) is 6.14. The minimum atomic E-state index is 0.213. The van der Waals surface area contributed by atoms with Gasteiger partial charge in [-0.15, -0.1) is 0 Å². The number of hydrogen-bond donors (Lipinski definition) is 1. The average molecular weight is 186 g/mol. The maximum absolute atomic E-state index is 5.41. The number of nitrogens with one attached hydrogen (secondary N) is 1. The van der Waals surface area contributed by atoms with E-state index in [1.165, 1.54) is 13.0 Å². The van der Waals surface area contributed by atoms with Crippen LogP contribution >= 0.6 is 0 Å². The molecular formula is C10H22N2O. The molecule has 1 aliphatic rings. The normalized spacial score (nSPS) is 21.5. The second-order valence-electron chi connectivity index (χ2n) is 4.38. The van der Waals surface area contributed by atoms with Crippen molar-refractivity contribution in [2.24, 2.45) is 0 Å². The first-order valence-electron chi connectivity index (χ1n) is 5.13. The fourth-order valence-electron chi connectivity index (χ4n) is 1.59. The molecule has 13 heavy (non-hydrogen) atoms. The molecule has 0 radical (unpaired) electrons. The van der Waals surface area contributed by atoms with Crippen molar-refractivity contribution in [3.8, 4) is 0 Å². The van der Waals surface area contributed by atoms with Crippen LogP contribution < -0.4 is 5.32 Å². The van der Waals surface area contributed by atoms with Crippen LogP contribution in [0.2, 0.25) is 0 Å². The Labute approximate surface area is 81.4 Å². The van der Waals surface area contributed by atoms with Gasteiger partial charge in [-0.1, -0.05) is 0 Å². The van der Waals surface area contributed by atoms with E-state index in [-0.39, 0.29) is 5.54 Å². The molecule has 0 amide bonds. The first kappa shape index (κ1) is 11.0. The molecule has 3 nitrogen and oxygen atoms in total. The number of ether oxygens (including phenoxy) is 1. The summed E-state index contributed by atoms with van der Waals surface area (Å²) in [6, 6.07) is 0. The molecule has 0 atom stereocenters. The van der Waals surface area contributed by atoms with Gasteiger partial charge in [-0.2, -0.15) is 0 Å². The lowest BCUT2D eigenvalue weighted by Gasteiger charge is -2.31. The standard InChI is InChI=1S/C10H22N2O/c1-10(2,11-3)9-12-5-4-7-13-8-6-12/h11H,4-9H2,1-3H3. The highest BCUT2D eigenvalue weighted by atomic mass is 16.5. The van der Waals surface area contributed by atoms with Gasteiger partial charge in [-0.3, -0.25) is 4.90 Å². The van der Waals surface area contributed by atoms with Gasteiger partial charge in [0.2, 0.25) is 0 Å². The van der Waals surface area contributed by atoms with E-state index >= 15 is 0 Å². The largest absolute Gasteiger partial charge is 0.380 e. The maximum atomic E-state index is 5.41. The lowest BCUT2D eigenvalue weighted by atomic mass is 10.1. The summed E-state index contributed by atoms with van der Waals surface area (Å²) in [6.45, 7) is 9.64. The number of rotatable bonds is 3. The zero-order valence-corrected chi connectivity index (χ0v) is 9.10. The number of likely N-dealkylation sites (N-methyl/N-ethyl adjacent to an activating group) is 1. The molecule has 0 aromatic carbocycles. The molecule has 1 N–H and O–H groups in total. The van der Waals surface area contributed by atoms with Gasteiger partial charge in [0, 0.05) is 31.8 Å². The topological polar surface area (TPSA) is 24.5 Å². The summed E-state index contributed by atoms with van der Waals surface area (Å²) in [5.74, 6) is 0. The van der Waals surface area contributed by atoms with Crippen molar-refractivity contribution in [3.63, 3.8) is 0 Å². The molecule has 1 heterocycles. The molecule has 0 aromatic heterocycles. The van der Waals surface area contributed by atoms with Crippen LogP contribution in [0.1, 0.15) is 20.3 Å². The molecule has 1 rings (SSSR count). The summed E-state index contributed by atoms with van der Waals surface area (Å²) in [5, 5.41) is 3.33. The molecule has 0 bridgehead atoms. The third-order valence-electron chi connectivity index (χ3n) is 2.61. The number of hydrogen-bond acceptors (Lipinski definition) is 3. The highest BCUT2D eigenvalue weighted by molar-refractivity contribution is 4.80. The van der Waals surface area contributed by atoms with E-state index in [1.807, 2.05) is 7.05 Å². The van der Waals surface area contributed by atoms with Gasteiger partial charge >= 0.3 is 0 Å². The summed E-state index contributed by atoms with van der Waals surface area (Å²) in [7, 11) is 2.02. The van der Waals surface area contributed by atoms with E-state index < -0.39 is 0 Å². The third-order valence-corrected chi connectivity index (χ3v) is 2.61. The molecule has 78 valence electrons. The Hall–Kier alpha value is -0.120.